The van der Waals surface area contributed by atoms with Gasteiger partial charge < -0.3 is 9.47 Å². The molecule has 1 aliphatic carbocycles. The van der Waals surface area contributed by atoms with Gasteiger partial charge in [-0.1, -0.05) is 200 Å². The van der Waals surface area contributed by atoms with E-state index in [4.69, 9.17) is 0 Å². The van der Waals surface area contributed by atoms with E-state index in [9.17, 15) is 0 Å². The van der Waals surface area contributed by atoms with Gasteiger partial charge in [-0.2, -0.15) is 0 Å². The van der Waals surface area contributed by atoms with Gasteiger partial charge in [-0.15, -0.1) is 0 Å². The van der Waals surface area contributed by atoms with Gasteiger partial charge in [0.25, 0.3) is 0 Å². The van der Waals surface area contributed by atoms with Crippen LogP contribution in [0, 0.1) is 0 Å². The lowest BCUT2D eigenvalue weighted by molar-refractivity contribution is 0.676. The maximum Gasteiger partial charge on any atom is 0.0664 e. The summed E-state index contributed by atoms with van der Waals surface area (Å²) in [6.45, 7) is 0. The van der Waals surface area contributed by atoms with Crippen LogP contribution in [0.25, 0.3) is 55.9 Å². The highest BCUT2D eigenvalue weighted by molar-refractivity contribution is 6.09. The average molecular weight is 821 g/mol. The van der Waals surface area contributed by atoms with Crippen molar-refractivity contribution in [3.8, 4) is 11.1 Å². The number of hydrogen-bond acceptors (Lipinski definition) is 1. The minimum absolute atomic E-state index is 0.377. The number of benzene rings is 9. The van der Waals surface area contributed by atoms with E-state index in [1.807, 2.05) is 0 Å². The number of aromatic nitrogens is 1. The molecule has 0 atom stereocenters. The Kier molecular flexibility index (Phi) is 10.2. The number of hydrogen-bond donors (Lipinski definition) is 0. The van der Waals surface area contributed by atoms with Crippen molar-refractivity contribution in [3.63, 3.8) is 0 Å². The third kappa shape index (κ3) is 7.04. The molecule has 0 bridgehead atoms. The van der Waals surface area contributed by atoms with Crippen molar-refractivity contribution in [1.29, 1.82) is 0 Å². The number of aryl methyl sites for hydroxylation is 1. The van der Waals surface area contributed by atoms with E-state index >= 15 is 0 Å². The summed E-state index contributed by atoms with van der Waals surface area (Å²) in [6.07, 6.45) is 13.4. The highest BCUT2D eigenvalue weighted by atomic mass is 15.1. The molecule has 0 radical (unpaired) electrons. The summed E-state index contributed by atoms with van der Waals surface area (Å²) in [5, 5.41) is 4.97. The van der Waals surface area contributed by atoms with E-state index in [-0.39, 0.29) is 5.41 Å². The molecule has 0 amide bonds. The standard InChI is InChI=1S/C62H48N2/c1-63-60-42-46(30-39-58(60)59-40-38-57(44-61(59)63)64(55-23-13-5-14-24-55)56-25-15-6-16-26-56)28-27-45-29-31-50-43-49(33-32-48(50)41-45)47-34-36-54(37-35-47)62(51-17-7-2-8-18-51,52-19-9-3-10-20-52)53-21-11-4-12-22-53/h2-11,13-21,23-44H,12,22H2,1H3/b28-27+. The van der Waals surface area contributed by atoms with E-state index in [0.717, 1.165) is 29.9 Å². The van der Waals surface area contributed by atoms with Crippen molar-refractivity contribution in [2.24, 2.45) is 7.05 Å². The lowest BCUT2D eigenvalue weighted by Gasteiger charge is -2.39. The van der Waals surface area contributed by atoms with Gasteiger partial charge in [0.2, 0.25) is 0 Å². The fourth-order valence-electron chi connectivity index (χ4n) is 10.1. The van der Waals surface area contributed by atoms with Gasteiger partial charge in [-0.3, -0.25) is 0 Å². The molecular weight excluding hydrogens is 773 g/mol. The highest BCUT2D eigenvalue weighted by Gasteiger charge is 2.39. The first-order valence-corrected chi connectivity index (χ1v) is 22.4. The zero-order chi connectivity index (χ0) is 42.9. The first kappa shape index (κ1) is 38.9. The van der Waals surface area contributed by atoms with Crippen molar-refractivity contribution < 1.29 is 0 Å². The molecule has 0 unspecified atom stereocenters. The lowest BCUT2D eigenvalue weighted by Crippen LogP contribution is -2.32. The summed E-state index contributed by atoms with van der Waals surface area (Å²) in [5.41, 5.74) is 15.5. The van der Waals surface area contributed by atoms with Gasteiger partial charge in [-0.25, -0.2) is 0 Å². The monoisotopic (exact) mass is 820 g/mol. The van der Waals surface area contributed by atoms with E-state index in [1.54, 1.807) is 0 Å². The average Bonchev–Trinajstić information content (AvgIpc) is 3.65. The van der Waals surface area contributed by atoms with Crippen LogP contribution in [0.4, 0.5) is 17.1 Å². The molecule has 0 spiro atoms. The maximum atomic E-state index is 2.35. The van der Waals surface area contributed by atoms with E-state index in [2.05, 4.69) is 265 Å². The van der Waals surface area contributed by atoms with Crippen LogP contribution in [0.5, 0.6) is 0 Å². The SMILES string of the molecule is Cn1c2cc(/C=C/c3ccc4cc(-c5ccc(C(C6=CC=CCC6)(c6ccccc6)c6ccccc6)cc5)ccc4c3)ccc2c2ccc(N(c3ccccc3)c3ccccc3)cc21. The first-order chi connectivity index (χ1) is 31.6. The normalized spacial score (nSPS) is 12.9. The molecule has 11 rings (SSSR count). The van der Waals surface area contributed by atoms with E-state index in [0.29, 0.717) is 0 Å². The van der Waals surface area contributed by atoms with Gasteiger partial charge in [0.15, 0.2) is 0 Å². The number of nitrogens with zero attached hydrogens (tertiary/aromatic N) is 2. The number of fused-ring (bicyclic) bond motifs is 4. The smallest absolute Gasteiger partial charge is 0.0664 e. The van der Waals surface area contributed by atoms with Crippen molar-refractivity contribution in [1.82, 2.24) is 4.57 Å². The number of rotatable bonds is 10. The third-order valence-corrected chi connectivity index (χ3v) is 13.2. The van der Waals surface area contributed by atoms with Crippen LogP contribution in [0.2, 0.25) is 0 Å². The summed E-state index contributed by atoms with van der Waals surface area (Å²) >= 11 is 0. The van der Waals surface area contributed by atoms with Crippen LogP contribution in [0.3, 0.4) is 0 Å². The van der Waals surface area contributed by atoms with Crippen LogP contribution in [-0.2, 0) is 12.5 Å². The zero-order valence-electron chi connectivity index (χ0n) is 36.0. The minimum Gasteiger partial charge on any atom is -0.344 e. The summed E-state index contributed by atoms with van der Waals surface area (Å²) in [7, 11) is 2.18. The molecule has 0 fully saturated rings. The molecule has 2 heteroatoms. The van der Waals surface area contributed by atoms with E-state index < -0.39 is 0 Å². The number of para-hydroxylation sites is 2. The van der Waals surface area contributed by atoms with Crippen molar-refractivity contribution in [2.45, 2.75) is 18.3 Å². The Bertz CT molecular complexity index is 3280. The van der Waals surface area contributed by atoms with Crippen molar-refractivity contribution in [2.75, 3.05) is 4.90 Å². The van der Waals surface area contributed by atoms with Crippen LogP contribution in [0.15, 0.2) is 242 Å². The van der Waals surface area contributed by atoms with Crippen LogP contribution in [0.1, 0.15) is 40.7 Å². The molecule has 1 aromatic heterocycles. The van der Waals surface area contributed by atoms with Gasteiger partial charge >= 0.3 is 0 Å². The topological polar surface area (TPSA) is 8.17 Å². The predicted octanol–water partition coefficient (Wildman–Crippen LogP) is 16.4. The summed E-state index contributed by atoms with van der Waals surface area (Å²) in [6, 6.07) is 79.9. The van der Waals surface area contributed by atoms with Crippen LogP contribution in [-0.4, -0.2) is 4.57 Å². The molecule has 306 valence electrons. The molecule has 64 heavy (non-hydrogen) atoms. The van der Waals surface area contributed by atoms with Crippen molar-refractivity contribution >= 4 is 61.8 Å². The van der Waals surface area contributed by atoms with Crippen LogP contribution >= 0.6 is 0 Å². The summed E-state index contributed by atoms with van der Waals surface area (Å²) < 4.78 is 2.33. The van der Waals surface area contributed by atoms with Gasteiger partial charge in [0, 0.05) is 40.4 Å². The van der Waals surface area contributed by atoms with E-state index in [1.165, 1.54) is 77.1 Å². The van der Waals surface area contributed by atoms with Gasteiger partial charge in [0.1, 0.15) is 0 Å². The minimum atomic E-state index is -0.377. The van der Waals surface area contributed by atoms with Gasteiger partial charge in [0.05, 0.1) is 10.9 Å². The molecule has 0 saturated heterocycles. The molecule has 0 saturated carbocycles. The highest BCUT2D eigenvalue weighted by Crippen LogP contribution is 2.48. The first-order valence-electron chi connectivity index (χ1n) is 22.4. The Morgan fingerprint density at radius 1 is 0.453 bits per heavy atom. The third-order valence-electron chi connectivity index (χ3n) is 13.2. The Morgan fingerprint density at radius 2 is 0.969 bits per heavy atom. The lowest BCUT2D eigenvalue weighted by atomic mass is 9.63. The van der Waals surface area contributed by atoms with Crippen LogP contribution < -0.4 is 4.90 Å². The quantitative estimate of drug-likeness (QED) is 0.0985. The fourth-order valence-corrected chi connectivity index (χ4v) is 10.1. The summed E-state index contributed by atoms with van der Waals surface area (Å²) in [5.74, 6) is 0. The summed E-state index contributed by atoms with van der Waals surface area (Å²) in [4.78, 5) is 2.32. The predicted molar refractivity (Wildman–Crippen MR) is 273 cm³/mol. The Morgan fingerprint density at radius 3 is 1.59 bits per heavy atom. The molecular formula is C62H48N2. The molecule has 10 aromatic rings. The molecule has 1 heterocycles. The zero-order valence-corrected chi connectivity index (χ0v) is 36.0. The molecule has 2 nitrogen and oxygen atoms in total. The molecule has 1 aliphatic rings. The fraction of sp³-hybridized carbons (Fsp3) is 0.0645. The Labute approximate surface area is 376 Å². The molecule has 0 N–H and O–H groups in total. The second-order valence-electron chi connectivity index (χ2n) is 16.9. The largest absolute Gasteiger partial charge is 0.344 e. The molecule has 9 aromatic carbocycles. The Balaban J connectivity index is 0.871. The Hall–Kier alpha value is -7.94. The van der Waals surface area contributed by atoms with Gasteiger partial charge in [-0.05, 0) is 117 Å². The number of allylic oxidation sites excluding steroid dienone is 4. The maximum absolute atomic E-state index is 2.35. The number of anilines is 3. The second kappa shape index (κ2) is 16.7. The second-order valence-corrected chi connectivity index (χ2v) is 16.9. The molecule has 0 aliphatic heterocycles. The van der Waals surface area contributed by atoms with Crippen molar-refractivity contribution in [3.05, 3.63) is 270 Å².